The number of likely N-dealkylation sites (N-methyl/N-ethyl adjacent to an activating group) is 1. The van der Waals surface area contributed by atoms with E-state index in [-0.39, 0.29) is 0 Å². The van der Waals surface area contributed by atoms with Crippen LogP contribution < -0.4 is 9.80 Å². The van der Waals surface area contributed by atoms with Gasteiger partial charge in [-0.15, -0.1) is 0 Å². The van der Waals surface area contributed by atoms with Gasteiger partial charge in [0.1, 0.15) is 0 Å². The first-order valence-corrected chi connectivity index (χ1v) is 6.69. The highest BCUT2D eigenvalue weighted by atomic mass is 16.5. The predicted molar refractivity (Wildman–Crippen MR) is 78.5 cm³/mol. The van der Waals surface area contributed by atoms with Gasteiger partial charge in [0.05, 0.1) is 17.9 Å². The predicted octanol–water partition coefficient (Wildman–Crippen LogP) is 1.71. The number of nitrogens with zero attached hydrogens (tertiary/aromatic N) is 2. The lowest BCUT2D eigenvalue weighted by Gasteiger charge is -2.29. The van der Waals surface area contributed by atoms with Crippen LogP contribution in [0.3, 0.4) is 0 Å². The van der Waals surface area contributed by atoms with Gasteiger partial charge in [-0.3, -0.25) is 9.59 Å². The topological polar surface area (TPSA) is 49.9 Å². The Kier molecular flexibility index (Phi) is 4.09. The molecule has 0 aliphatic carbocycles. The molecule has 1 aromatic rings. The number of hydrogen-bond acceptors (Lipinski definition) is 4. The molecule has 0 aromatic heterocycles. The van der Waals surface area contributed by atoms with Crippen molar-refractivity contribution in [1.82, 2.24) is 0 Å². The van der Waals surface area contributed by atoms with E-state index in [1.165, 1.54) is 4.90 Å². The number of anilines is 2. The first-order chi connectivity index (χ1) is 9.47. The Hall–Kier alpha value is -1.88. The molecule has 0 saturated heterocycles. The highest BCUT2D eigenvalue weighted by molar-refractivity contribution is 6.52. The Bertz CT molecular complexity index is 540. The Morgan fingerprint density at radius 1 is 1.30 bits per heavy atom. The first-order valence-electron chi connectivity index (χ1n) is 6.69. The van der Waals surface area contributed by atoms with Gasteiger partial charge >= 0.3 is 0 Å². The maximum Gasteiger partial charge on any atom is 0.299 e. The molecule has 0 atom stereocenters. The molecule has 0 unspecified atom stereocenters. The van der Waals surface area contributed by atoms with Crippen LogP contribution in [0.1, 0.15) is 24.2 Å². The summed E-state index contributed by atoms with van der Waals surface area (Å²) >= 11 is 0. The third kappa shape index (κ3) is 2.41. The molecule has 0 radical (unpaired) electrons. The van der Waals surface area contributed by atoms with Crippen molar-refractivity contribution in [2.45, 2.75) is 19.9 Å². The largest absolute Gasteiger partial charge is 0.383 e. The second kappa shape index (κ2) is 5.63. The minimum atomic E-state index is -0.467. The minimum Gasteiger partial charge on any atom is -0.383 e. The van der Waals surface area contributed by atoms with E-state index in [0.29, 0.717) is 23.9 Å². The van der Waals surface area contributed by atoms with Gasteiger partial charge in [-0.2, -0.15) is 0 Å². The molecule has 1 heterocycles. The van der Waals surface area contributed by atoms with Crippen LogP contribution in [0.2, 0.25) is 0 Å². The maximum absolute atomic E-state index is 11.8. The van der Waals surface area contributed by atoms with E-state index in [1.807, 2.05) is 12.1 Å². The van der Waals surface area contributed by atoms with Crippen molar-refractivity contribution >= 4 is 23.1 Å². The van der Waals surface area contributed by atoms with Gasteiger partial charge in [0.25, 0.3) is 11.7 Å². The second-order valence-electron chi connectivity index (χ2n) is 5.17. The molecule has 0 N–H and O–H groups in total. The van der Waals surface area contributed by atoms with Crippen LogP contribution in [-0.4, -0.2) is 45.0 Å². The van der Waals surface area contributed by atoms with E-state index in [9.17, 15) is 9.59 Å². The van der Waals surface area contributed by atoms with Crippen molar-refractivity contribution in [3.63, 3.8) is 0 Å². The summed E-state index contributed by atoms with van der Waals surface area (Å²) in [6, 6.07) is 5.82. The van der Waals surface area contributed by atoms with Crippen LogP contribution in [0.4, 0.5) is 11.4 Å². The summed E-state index contributed by atoms with van der Waals surface area (Å²) in [4.78, 5) is 27.1. The molecular weight excluding hydrogens is 256 g/mol. The number of hydrogen-bond donors (Lipinski definition) is 0. The van der Waals surface area contributed by atoms with Gasteiger partial charge in [-0.1, -0.05) is 0 Å². The standard InChI is InChI=1S/C15H20N2O3/c1-10(2)17(7-8-20-4)11-5-6-12-13(9-11)16(3)15(19)14(12)18/h5-6,9-10H,7-8H2,1-4H3. The summed E-state index contributed by atoms with van der Waals surface area (Å²) in [5.41, 5.74) is 2.16. The average molecular weight is 276 g/mol. The highest BCUT2D eigenvalue weighted by Crippen LogP contribution is 2.32. The fraction of sp³-hybridized carbons (Fsp3) is 0.467. The zero-order valence-electron chi connectivity index (χ0n) is 12.3. The number of carbonyl (C=O) groups excluding carboxylic acids is 2. The molecule has 20 heavy (non-hydrogen) atoms. The third-order valence-electron chi connectivity index (χ3n) is 3.58. The molecule has 108 valence electrons. The summed E-state index contributed by atoms with van der Waals surface area (Å²) < 4.78 is 5.13. The van der Waals surface area contributed by atoms with Crippen molar-refractivity contribution in [3.8, 4) is 0 Å². The van der Waals surface area contributed by atoms with Crippen molar-refractivity contribution in [3.05, 3.63) is 23.8 Å². The Labute approximate surface area is 119 Å². The van der Waals surface area contributed by atoms with Crippen molar-refractivity contribution in [2.24, 2.45) is 0 Å². The summed E-state index contributed by atoms with van der Waals surface area (Å²) in [5.74, 6) is -0.896. The summed E-state index contributed by atoms with van der Waals surface area (Å²) in [5, 5.41) is 0. The quantitative estimate of drug-likeness (QED) is 0.768. The van der Waals surface area contributed by atoms with E-state index in [0.717, 1.165) is 12.2 Å². The first kappa shape index (κ1) is 14.5. The summed E-state index contributed by atoms with van der Waals surface area (Å²) in [7, 11) is 3.30. The van der Waals surface area contributed by atoms with Crippen LogP contribution >= 0.6 is 0 Å². The van der Waals surface area contributed by atoms with Gasteiger partial charge in [0.15, 0.2) is 0 Å². The van der Waals surface area contributed by atoms with E-state index in [1.54, 1.807) is 20.2 Å². The number of rotatable bonds is 5. The molecule has 1 aliphatic rings. The van der Waals surface area contributed by atoms with Crippen LogP contribution in [0.5, 0.6) is 0 Å². The van der Waals surface area contributed by atoms with Gasteiger partial charge < -0.3 is 14.5 Å². The van der Waals surface area contributed by atoms with E-state index < -0.39 is 11.7 Å². The molecular formula is C15H20N2O3. The van der Waals surface area contributed by atoms with Gasteiger partial charge in [0, 0.05) is 32.4 Å². The smallest absolute Gasteiger partial charge is 0.299 e. The average Bonchev–Trinajstić information content (AvgIpc) is 2.64. The maximum atomic E-state index is 11.8. The summed E-state index contributed by atoms with van der Waals surface area (Å²) in [6.07, 6.45) is 0. The third-order valence-corrected chi connectivity index (χ3v) is 3.58. The Morgan fingerprint density at radius 2 is 2.00 bits per heavy atom. The highest BCUT2D eigenvalue weighted by Gasteiger charge is 2.33. The molecule has 0 fully saturated rings. The van der Waals surface area contributed by atoms with Gasteiger partial charge in [0.2, 0.25) is 0 Å². The normalized spacial score (nSPS) is 14.2. The fourth-order valence-corrected chi connectivity index (χ4v) is 2.42. The lowest BCUT2D eigenvalue weighted by atomic mass is 10.1. The van der Waals surface area contributed by atoms with E-state index >= 15 is 0 Å². The number of methoxy groups -OCH3 is 1. The molecule has 0 saturated carbocycles. The van der Waals surface area contributed by atoms with E-state index in [4.69, 9.17) is 4.74 Å². The van der Waals surface area contributed by atoms with Gasteiger partial charge in [-0.05, 0) is 32.0 Å². The van der Waals surface area contributed by atoms with Crippen LogP contribution in [0.15, 0.2) is 18.2 Å². The molecule has 5 nitrogen and oxygen atoms in total. The Morgan fingerprint density at radius 3 is 2.60 bits per heavy atom. The zero-order valence-corrected chi connectivity index (χ0v) is 12.3. The van der Waals surface area contributed by atoms with Crippen molar-refractivity contribution < 1.29 is 14.3 Å². The van der Waals surface area contributed by atoms with Crippen molar-refractivity contribution in [1.29, 1.82) is 0 Å². The number of amides is 1. The van der Waals surface area contributed by atoms with Crippen LogP contribution in [0.25, 0.3) is 0 Å². The van der Waals surface area contributed by atoms with Gasteiger partial charge in [-0.25, -0.2) is 0 Å². The molecule has 1 aromatic carbocycles. The van der Waals surface area contributed by atoms with Crippen LogP contribution in [0, 0.1) is 0 Å². The number of carbonyl (C=O) groups is 2. The van der Waals surface area contributed by atoms with Crippen LogP contribution in [-0.2, 0) is 9.53 Å². The number of ether oxygens (including phenoxy) is 1. The molecule has 0 spiro atoms. The van der Waals surface area contributed by atoms with Crippen molar-refractivity contribution in [2.75, 3.05) is 37.1 Å². The molecule has 2 rings (SSSR count). The van der Waals surface area contributed by atoms with E-state index in [2.05, 4.69) is 18.7 Å². The molecule has 5 heteroatoms. The zero-order chi connectivity index (χ0) is 14.9. The SMILES string of the molecule is COCCN(c1ccc2c(c1)N(C)C(=O)C2=O)C(C)C. The number of Topliss-reactive ketones (excluding diaryl/α,β-unsaturated/α-hetero) is 1. The lowest BCUT2D eigenvalue weighted by molar-refractivity contribution is -0.114. The number of benzene rings is 1. The Balaban J connectivity index is 2.35. The number of fused-ring (bicyclic) bond motifs is 1. The lowest BCUT2D eigenvalue weighted by Crippen LogP contribution is -2.33. The molecule has 0 bridgehead atoms. The summed E-state index contributed by atoms with van der Waals surface area (Å²) in [6.45, 7) is 5.59. The number of ketones is 1. The second-order valence-corrected chi connectivity index (χ2v) is 5.17. The molecule has 1 amide bonds. The molecule has 1 aliphatic heterocycles. The fourth-order valence-electron chi connectivity index (χ4n) is 2.42. The minimum absolute atomic E-state index is 0.307. The monoisotopic (exact) mass is 276 g/mol.